The summed E-state index contributed by atoms with van der Waals surface area (Å²) in [6.07, 6.45) is 1.57. The Kier molecular flexibility index (Phi) is 3.93. The van der Waals surface area contributed by atoms with Crippen LogP contribution in [0.5, 0.6) is 0 Å². The van der Waals surface area contributed by atoms with E-state index in [1.54, 1.807) is 16.9 Å². The molecule has 6 heteroatoms. The molecule has 0 atom stereocenters. The Morgan fingerprint density at radius 3 is 2.65 bits per heavy atom. The van der Waals surface area contributed by atoms with Gasteiger partial charge in [0.05, 0.1) is 23.3 Å². The maximum absolute atomic E-state index is 13.3. The number of rotatable bonds is 3. The van der Waals surface area contributed by atoms with Crippen LogP contribution in [-0.4, -0.2) is 20.7 Å². The maximum Gasteiger partial charge on any atom is 0.255 e. The van der Waals surface area contributed by atoms with Gasteiger partial charge in [-0.2, -0.15) is 5.10 Å². The van der Waals surface area contributed by atoms with Gasteiger partial charge in [0.15, 0.2) is 5.65 Å². The molecule has 128 valence electrons. The number of hydrogen-bond donors (Lipinski definition) is 1. The summed E-state index contributed by atoms with van der Waals surface area (Å²) in [5.41, 5.74) is 3.20. The quantitative estimate of drug-likeness (QED) is 0.607. The Bertz CT molecular complexity index is 1110. The third kappa shape index (κ3) is 2.93. The molecule has 5 nitrogen and oxygen atoms in total. The number of aromatic nitrogens is 3. The Balaban J connectivity index is 1.68. The van der Waals surface area contributed by atoms with Crippen LogP contribution in [0.15, 0.2) is 66.9 Å². The standard InChI is InChI=1S/C20H15FN4O/c1-13-18-11-16(23-20(26)14-6-5-7-15(21)10-14)12-22-19(18)25(24-13)17-8-3-2-4-9-17/h2-12H,1H3,(H,23,26). The first-order valence-corrected chi connectivity index (χ1v) is 8.09. The van der Waals surface area contributed by atoms with Crippen LogP contribution in [0, 0.1) is 12.7 Å². The van der Waals surface area contributed by atoms with Gasteiger partial charge in [-0.25, -0.2) is 14.1 Å². The number of amides is 1. The number of aryl methyl sites for hydroxylation is 1. The zero-order valence-electron chi connectivity index (χ0n) is 14.0. The number of pyridine rings is 1. The molecule has 0 saturated heterocycles. The lowest BCUT2D eigenvalue weighted by Crippen LogP contribution is -2.12. The fraction of sp³-hybridized carbons (Fsp3) is 0.0500. The van der Waals surface area contributed by atoms with Gasteiger partial charge in [0, 0.05) is 10.9 Å². The summed E-state index contributed by atoms with van der Waals surface area (Å²) in [5, 5.41) is 8.13. The lowest BCUT2D eigenvalue weighted by atomic mass is 10.2. The first-order chi connectivity index (χ1) is 12.6. The number of benzene rings is 2. The first-order valence-electron chi connectivity index (χ1n) is 8.09. The summed E-state index contributed by atoms with van der Waals surface area (Å²) in [6, 6.07) is 17.1. The van der Waals surface area contributed by atoms with E-state index in [9.17, 15) is 9.18 Å². The minimum atomic E-state index is -0.453. The molecule has 2 aromatic heterocycles. The number of hydrogen-bond acceptors (Lipinski definition) is 3. The predicted octanol–water partition coefficient (Wildman–Crippen LogP) is 4.12. The fourth-order valence-corrected chi connectivity index (χ4v) is 2.79. The van der Waals surface area contributed by atoms with Gasteiger partial charge in [0.25, 0.3) is 5.91 Å². The lowest BCUT2D eigenvalue weighted by Gasteiger charge is -2.06. The van der Waals surface area contributed by atoms with Gasteiger partial charge in [-0.05, 0) is 43.3 Å². The second-order valence-electron chi connectivity index (χ2n) is 5.89. The van der Waals surface area contributed by atoms with Gasteiger partial charge < -0.3 is 5.32 Å². The second-order valence-corrected chi connectivity index (χ2v) is 5.89. The van der Waals surface area contributed by atoms with E-state index in [1.807, 2.05) is 43.3 Å². The van der Waals surface area contributed by atoms with Crippen LogP contribution >= 0.6 is 0 Å². The zero-order chi connectivity index (χ0) is 18.1. The molecule has 1 amide bonds. The minimum Gasteiger partial charge on any atom is -0.321 e. The van der Waals surface area contributed by atoms with Crippen LogP contribution in [0.2, 0.25) is 0 Å². The van der Waals surface area contributed by atoms with E-state index >= 15 is 0 Å². The largest absolute Gasteiger partial charge is 0.321 e. The average Bonchev–Trinajstić information content (AvgIpc) is 2.99. The predicted molar refractivity (Wildman–Crippen MR) is 98.0 cm³/mol. The SMILES string of the molecule is Cc1nn(-c2ccccc2)c2ncc(NC(=O)c3cccc(F)c3)cc12. The van der Waals surface area contributed by atoms with E-state index in [-0.39, 0.29) is 5.56 Å². The molecular weight excluding hydrogens is 331 g/mol. The number of carbonyl (C=O) groups excluding carboxylic acids is 1. The summed E-state index contributed by atoms with van der Waals surface area (Å²) in [7, 11) is 0. The van der Waals surface area contributed by atoms with Crippen molar-refractivity contribution in [2.75, 3.05) is 5.32 Å². The Hall–Kier alpha value is -3.54. The van der Waals surface area contributed by atoms with Crippen molar-refractivity contribution in [3.8, 4) is 5.69 Å². The number of carbonyl (C=O) groups is 1. The molecule has 0 aliphatic heterocycles. The summed E-state index contributed by atoms with van der Waals surface area (Å²) in [6.45, 7) is 1.89. The van der Waals surface area contributed by atoms with E-state index in [0.29, 0.717) is 11.3 Å². The maximum atomic E-state index is 13.3. The molecule has 0 spiro atoms. The minimum absolute atomic E-state index is 0.252. The van der Waals surface area contributed by atoms with Crippen molar-refractivity contribution in [2.24, 2.45) is 0 Å². The number of fused-ring (bicyclic) bond motifs is 1. The Labute approximate surface area is 149 Å². The highest BCUT2D eigenvalue weighted by molar-refractivity contribution is 6.04. The lowest BCUT2D eigenvalue weighted by molar-refractivity contribution is 0.102. The smallest absolute Gasteiger partial charge is 0.255 e. The molecule has 2 aromatic carbocycles. The van der Waals surface area contributed by atoms with Crippen LogP contribution < -0.4 is 5.32 Å². The van der Waals surface area contributed by atoms with Crippen LogP contribution in [0.25, 0.3) is 16.7 Å². The highest BCUT2D eigenvalue weighted by Gasteiger charge is 2.13. The van der Waals surface area contributed by atoms with Crippen molar-refractivity contribution < 1.29 is 9.18 Å². The van der Waals surface area contributed by atoms with Gasteiger partial charge in [-0.1, -0.05) is 24.3 Å². The Morgan fingerprint density at radius 2 is 1.88 bits per heavy atom. The van der Waals surface area contributed by atoms with Crippen molar-refractivity contribution in [2.45, 2.75) is 6.92 Å². The summed E-state index contributed by atoms with van der Waals surface area (Å²) in [5.74, 6) is -0.843. The molecule has 4 rings (SSSR count). The molecule has 0 fully saturated rings. The van der Waals surface area contributed by atoms with Crippen molar-refractivity contribution >= 4 is 22.6 Å². The molecule has 1 N–H and O–H groups in total. The number of nitrogens with zero attached hydrogens (tertiary/aromatic N) is 3. The summed E-state index contributed by atoms with van der Waals surface area (Å²) >= 11 is 0. The third-order valence-electron chi connectivity index (χ3n) is 4.05. The van der Waals surface area contributed by atoms with Gasteiger partial charge in [-0.15, -0.1) is 0 Å². The Morgan fingerprint density at radius 1 is 1.08 bits per heavy atom. The second kappa shape index (κ2) is 6.40. The highest BCUT2D eigenvalue weighted by Crippen LogP contribution is 2.23. The monoisotopic (exact) mass is 346 g/mol. The van der Waals surface area contributed by atoms with E-state index in [0.717, 1.165) is 16.8 Å². The summed E-state index contributed by atoms with van der Waals surface area (Å²) in [4.78, 5) is 16.7. The fourth-order valence-electron chi connectivity index (χ4n) is 2.79. The molecule has 0 saturated carbocycles. The zero-order valence-corrected chi connectivity index (χ0v) is 14.0. The van der Waals surface area contributed by atoms with E-state index < -0.39 is 11.7 Å². The van der Waals surface area contributed by atoms with E-state index in [2.05, 4.69) is 15.4 Å². The van der Waals surface area contributed by atoms with Gasteiger partial charge >= 0.3 is 0 Å². The van der Waals surface area contributed by atoms with Crippen LogP contribution in [0.1, 0.15) is 16.1 Å². The van der Waals surface area contributed by atoms with Crippen LogP contribution in [-0.2, 0) is 0 Å². The van der Waals surface area contributed by atoms with Crippen molar-refractivity contribution in [3.63, 3.8) is 0 Å². The molecule has 26 heavy (non-hydrogen) atoms. The first kappa shape index (κ1) is 16.0. The number of halogens is 1. The summed E-state index contributed by atoms with van der Waals surface area (Å²) < 4.78 is 15.1. The number of anilines is 1. The molecule has 0 aliphatic rings. The van der Waals surface area contributed by atoms with Gasteiger partial charge in [-0.3, -0.25) is 4.79 Å². The topological polar surface area (TPSA) is 59.8 Å². The average molecular weight is 346 g/mol. The van der Waals surface area contributed by atoms with Crippen molar-refractivity contribution in [1.82, 2.24) is 14.8 Å². The highest BCUT2D eigenvalue weighted by atomic mass is 19.1. The molecule has 0 bridgehead atoms. The van der Waals surface area contributed by atoms with Crippen molar-refractivity contribution in [3.05, 3.63) is 83.9 Å². The third-order valence-corrected chi connectivity index (χ3v) is 4.05. The number of para-hydroxylation sites is 1. The van der Waals surface area contributed by atoms with Crippen LogP contribution in [0.3, 0.4) is 0 Å². The van der Waals surface area contributed by atoms with E-state index in [4.69, 9.17) is 0 Å². The van der Waals surface area contributed by atoms with E-state index in [1.165, 1.54) is 18.2 Å². The normalized spacial score (nSPS) is 10.8. The molecular formula is C20H15FN4O. The van der Waals surface area contributed by atoms with Gasteiger partial charge in [0.1, 0.15) is 5.82 Å². The molecule has 4 aromatic rings. The van der Waals surface area contributed by atoms with Crippen LogP contribution in [0.4, 0.5) is 10.1 Å². The molecule has 0 aliphatic carbocycles. The molecule has 0 radical (unpaired) electrons. The van der Waals surface area contributed by atoms with Crippen molar-refractivity contribution in [1.29, 1.82) is 0 Å². The number of nitrogens with one attached hydrogen (secondary N) is 1. The molecule has 0 unspecified atom stereocenters. The molecule has 2 heterocycles. The van der Waals surface area contributed by atoms with Gasteiger partial charge in [0.2, 0.25) is 0 Å².